The van der Waals surface area contributed by atoms with Crippen LogP contribution in [0.25, 0.3) is 0 Å². The van der Waals surface area contributed by atoms with Crippen LogP contribution >= 0.6 is 0 Å². The largest absolute Gasteiger partial charge is 0.395 e. The summed E-state index contributed by atoms with van der Waals surface area (Å²) < 4.78 is 0. The minimum absolute atomic E-state index is 0.0700. The standard InChI is InChI=1S/C12H16N2O/c1-10-5-3-4-6-11(10)12(9-13)14(2)7-8-15/h3-6,12,15H,7-8H2,1-2H3. The maximum absolute atomic E-state index is 9.13. The smallest absolute Gasteiger partial charge is 0.123 e. The average molecular weight is 204 g/mol. The molecule has 0 aliphatic carbocycles. The van der Waals surface area contributed by atoms with Gasteiger partial charge in [0.25, 0.3) is 0 Å². The second-order valence-corrected chi connectivity index (χ2v) is 3.59. The highest BCUT2D eigenvalue weighted by Crippen LogP contribution is 2.21. The van der Waals surface area contributed by atoms with Gasteiger partial charge in [-0.2, -0.15) is 5.26 Å². The molecule has 1 atom stereocenters. The Bertz CT molecular complexity index is 357. The van der Waals surface area contributed by atoms with Gasteiger partial charge in [-0.15, -0.1) is 0 Å². The van der Waals surface area contributed by atoms with E-state index >= 15 is 0 Å². The number of hydrogen-bond acceptors (Lipinski definition) is 3. The molecule has 80 valence electrons. The SMILES string of the molecule is Cc1ccccc1C(C#N)N(C)CCO. The first-order chi connectivity index (χ1) is 7.20. The number of hydrogen-bond donors (Lipinski definition) is 1. The molecule has 3 heteroatoms. The monoisotopic (exact) mass is 204 g/mol. The fourth-order valence-electron chi connectivity index (χ4n) is 1.59. The van der Waals surface area contributed by atoms with E-state index in [1.54, 1.807) is 0 Å². The topological polar surface area (TPSA) is 47.3 Å². The molecule has 0 aliphatic rings. The highest BCUT2D eigenvalue weighted by Gasteiger charge is 2.16. The molecule has 0 aliphatic heterocycles. The fraction of sp³-hybridized carbons (Fsp3) is 0.417. The van der Waals surface area contributed by atoms with E-state index < -0.39 is 0 Å². The molecule has 0 radical (unpaired) electrons. The van der Waals surface area contributed by atoms with E-state index in [9.17, 15) is 0 Å². The van der Waals surface area contributed by atoms with Crippen LogP contribution in [0.5, 0.6) is 0 Å². The van der Waals surface area contributed by atoms with E-state index in [0.717, 1.165) is 11.1 Å². The molecule has 0 heterocycles. The normalized spacial score (nSPS) is 12.5. The first-order valence-corrected chi connectivity index (χ1v) is 4.97. The van der Waals surface area contributed by atoms with Crippen molar-refractivity contribution in [2.45, 2.75) is 13.0 Å². The molecule has 0 amide bonds. The van der Waals surface area contributed by atoms with Crippen LogP contribution in [0.4, 0.5) is 0 Å². The summed E-state index contributed by atoms with van der Waals surface area (Å²) in [5.41, 5.74) is 2.12. The summed E-state index contributed by atoms with van der Waals surface area (Å²) in [5, 5.41) is 18.0. The van der Waals surface area contributed by atoms with Crippen LogP contribution in [0, 0.1) is 18.3 Å². The molecule has 0 saturated heterocycles. The number of nitrogens with zero attached hydrogens (tertiary/aromatic N) is 2. The lowest BCUT2D eigenvalue weighted by Gasteiger charge is -2.22. The van der Waals surface area contributed by atoms with Crippen LogP contribution in [-0.2, 0) is 0 Å². The third-order valence-electron chi connectivity index (χ3n) is 2.50. The number of aliphatic hydroxyl groups is 1. The van der Waals surface area contributed by atoms with Crippen LogP contribution < -0.4 is 0 Å². The fourth-order valence-corrected chi connectivity index (χ4v) is 1.59. The molecule has 0 bridgehead atoms. The van der Waals surface area contributed by atoms with Crippen molar-refractivity contribution in [1.29, 1.82) is 5.26 Å². The van der Waals surface area contributed by atoms with Gasteiger partial charge in [0, 0.05) is 6.54 Å². The summed E-state index contributed by atoms with van der Waals surface area (Å²) >= 11 is 0. The number of rotatable bonds is 4. The summed E-state index contributed by atoms with van der Waals surface area (Å²) in [6, 6.07) is 9.81. The summed E-state index contributed by atoms with van der Waals surface area (Å²) in [6.07, 6.45) is 0. The molecule has 1 aromatic rings. The van der Waals surface area contributed by atoms with Crippen molar-refractivity contribution in [3.63, 3.8) is 0 Å². The molecule has 0 aromatic heterocycles. The van der Waals surface area contributed by atoms with Crippen LogP contribution in [0.15, 0.2) is 24.3 Å². The lowest BCUT2D eigenvalue weighted by atomic mass is 10.0. The maximum Gasteiger partial charge on any atom is 0.123 e. The van der Waals surface area contributed by atoms with E-state index in [0.29, 0.717) is 6.54 Å². The first kappa shape index (κ1) is 11.7. The van der Waals surface area contributed by atoms with E-state index in [-0.39, 0.29) is 12.6 Å². The third-order valence-corrected chi connectivity index (χ3v) is 2.50. The molecular formula is C12H16N2O. The Hall–Kier alpha value is -1.37. The molecule has 15 heavy (non-hydrogen) atoms. The number of nitriles is 1. The van der Waals surface area contributed by atoms with E-state index in [1.807, 2.05) is 43.1 Å². The maximum atomic E-state index is 9.13. The van der Waals surface area contributed by atoms with E-state index in [1.165, 1.54) is 0 Å². The Morgan fingerprint density at radius 1 is 1.47 bits per heavy atom. The Kier molecular flexibility index (Phi) is 4.29. The van der Waals surface area contributed by atoms with Gasteiger partial charge in [-0.05, 0) is 25.1 Å². The Morgan fingerprint density at radius 3 is 2.67 bits per heavy atom. The predicted octanol–water partition coefficient (Wildman–Crippen LogP) is 1.48. The zero-order valence-electron chi connectivity index (χ0n) is 9.14. The summed E-state index contributed by atoms with van der Waals surface area (Å²) in [6.45, 7) is 2.57. The van der Waals surface area contributed by atoms with E-state index in [2.05, 4.69) is 6.07 Å². The number of aliphatic hydroxyl groups excluding tert-OH is 1. The van der Waals surface area contributed by atoms with Crippen molar-refractivity contribution in [1.82, 2.24) is 4.90 Å². The summed E-state index contributed by atoms with van der Waals surface area (Å²) in [5.74, 6) is 0. The lowest BCUT2D eigenvalue weighted by Crippen LogP contribution is -2.27. The highest BCUT2D eigenvalue weighted by molar-refractivity contribution is 5.32. The molecule has 1 unspecified atom stereocenters. The van der Waals surface area contributed by atoms with Crippen LogP contribution in [0.2, 0.25) is 0 Å². The summed E-state index contributed by atoms with van der Waals surface area (Å²) in [4.78, 5) is 1.85. The van der Waals surface area contributed by atoms with Gasteiger partial charge < -0.3 is 5.11 Å². The highest BCUT2D eigenvalue weighted by atomic mass is 16.3. The van der Waals surface area contributed by atoms with Crippen molar-refractivity contribution < 1.29 is 5.11 Å². The number of benzene rings is 1. The molecule has 1 aromatic carbocycles. The van der Waals surface area contributed by atoms with Gasteiger partial charge in [-0.25, -0.2) is 0 Å². The van der Waals surface area contributed by atoms with Gasteiger partial charge >= 0.3 is 0 Å². The Morgan fingerprint density at radius 2 is 2.13 bits per heavy atom. The van der Waals surface area contributed by atoms with Crippen molar-refractivity contribution in [2.75, 3.05) is 20.2 Å². The van der Waals surface area contributed by atoms with E-state index in [4.69, 9.17) is 10.4 Å². The molecule has 1 rings (SSSR count). The van der Waals surface area contributed by atoms with Crippen molar-refractivity contribution >= 4 is 0 Å². The van der Waals surface area contributed by atoms with Crippen molar-refractivity contribution in [3.05, 3.63) is 35.4 Å². The Labute approximate surface area is 90.6 Å². The predicted molar refractivity (Wildman–Crippen MR) is 59.2 cm³/mol. The number of likely N-dealkylation sites (N-methyl/N-ethyl adjacent to an activating group) is 1. The average Bonchev–Trinajstić information content (AvgIpc) is 2.22. The lowest BCUT2D eigenvalue weighted by molar-refractivity contribution is 0.202. The van der Waals surface area contributed by atoms with Gasteiger partial charge in [0.2, 0.25) is 0 Å². The van der Waals surface area contributed by atoms with Crippen molar-refractivity contribution in [3.8, 4) is 6.07 Å². The minimum Gasteiger partial charge on any atom is -0.395 e. The molecular weight excluding hydrogens is 188 g/mol. The quantitative estimate of drug-likeness (QED) is 0.808. The first-order valence-electron chi connectivity index (χ1n) is 4.97. The van der Waals surface area contributed by atoms with Gasteiger partial charge in [0.1, 0.15) is 6.04 Å². The Balaban J connectivity index is 2.94. The number of aryl methyl sites for hydroxylation is 1. The molecule has 0 saturated carbocycles. The van der Waals surface area contributed by atoms with Gasteiger partial charge in [0.15, 0.2) is 0 Å². The minimum atomic E-state index is -0.279. The molecule has 0 spiro atoms. The molecule has 1 N–H and O–H groups in total. The third kappa shape index (κ3) is 2.79. The van der Waals surface area contributed by atoms with Gasteiger partial charge in [-0.3, -0.25) is 4.90 Å². The van der Waals surface area contributed by atoms with Crippen LogP contribution in [-0.4, -0.2) is 30.2 Å². The van der Waals surface area contributed by atoms with Gasteiger partial charge in [-0.1, -0.05) is 24.3 Å². The zero-order chi connectivity index (χ0) is 11.3. The molecule has 3 nitrogen and oxygen atoms in total. The van der Waals surface area contributed by atoms with Crippen molar-refractivity contribution in [2.24, 2.45) is 0 Å². The van der Waals surface area contributed by atoms with Crippen LogP contribution in [0.1, 0.15) is 17.2 Å². The van der Waals surface area contributed by atoms with Gasteiger partial charge in [0.05, 0.1) is 12.7 Å². The zero-order valence-corrected chi connectivity index (χ0v) is 9.14. The molecule has 0 fully saturated rings. The summed E-state index contributed by atoms with van der Waals surface area (Å²) in [7, 11) is 1.84. The second kappa shape index (κ2) is 5.50. The van der Waals surface area contributed by atoms with Crippen LogP contribution in [0.3, 0.4) is 0 Å². The second-order valence-electron chi connectivity index (χ2n) is 3.59.